The van der Waals surface area contributed by atoms with Gasteiger partial charge in [0.2, 0.25) is 5.91 Å². The summed E-state index contributed by atoms with van der Waals surface area (Å²) in [4.78, 5) is 23.0. The van der Waals surface area contributed by atoms with Gasteiger partial charge in [-0.2, -0.15) is 0 Å². The molecule has 5 nitrogen and oxygen atoms in total. The van der Waals surface area contributed by atoms with E-state index in [1.54, 1.807) is 19.9 Å². The maximum absolute atomic E-state index is 12.5. The zero-order valence-corrected chi connectivity index (χ0v) is 13.9. The molecule has 25 heavy (non-hydrogen) atoms. The van der Waals surface area contributed by atoms with E-state index < -0.39 is 23.8 Å². The lowest BCUT2D eigenvalue weighted by Gasteiger charge is -2.25. The van der Waals surface area contributed by atoms with E-state index in [1.165, 1.54) is 18.2 Å². The second-order valence-corrected chi connectivity index (χ2v) is 6.80. The highest BCUT2D eigenvalue weighted by Crippen LogP contribution is 2.51. The molecule has 2 N–H and O–H groups in total. The van der Waals surface area contributed by atoms with E-state index in [1.807, 2.05) is 0 Å². The Morgan fingerprint density at radius 1 is 1.28 bits per heavy atom. The highest BCUT2D eigenvalue weighted by molar-refractivity contribution is 5.83. The number of carbonyl (C=O) groups is 2. The summed E-state index contributed by atoms with van der Waals surface area (Å²) in [5, 5.41) is 11.5. The van der Waals surface area contributed by atoms with Crippen molar-refractivity contribution in [3.05, 3.63) is 29.8 Å². The summed E-state index contributed by atoms with van der Waals surface area (Å²) in [5.74, 6) is -2.32. The third kappa shape index (κ3) is 5.65. The van der Waals surface area contributed by atoms with Crippen molar-refractivity contribution in [3.8, 4) is 5.75 Å². The van der Waals surface area contributed by atoms with Crippen molar-refractivity contribution < 1.29 is 32.6 Å². The number of alkyl halides is 3. The Bertz CT molecular complexity index is 658. The van der Waals surface area contributed by atoms with Gasteiger partial charge in [0.1, 0.15) is 5.75 Å². The summed E-state index contributed by atoms with van der Waals surface area (Å²) in [6, 6.07) is 5.79. The fraction of sp³-hybridized carbons (Fsp3) is 0.529. The van der Waals surface area contributed by atoms with Crippen LogP contribution in [0.5, 0.6) is 5.75 Å². The van der Waals surface area contributed by atoms with E-state index in [2.05, 4.69) is 10.1 Å². The Hall–Kier alpha value is -2.25. The van der Waals surface area contributed by atoms with Crippen molar-refractivity contribution >= 4 is 11.9 Å². The number of hydrogen-bond acceptors (Lipinski definition) is 3. The first-order valence-electron chi connectivity index (χ1n) is 7.87. The van der Waals surface area contributed by atoms with Gasteiger partial charge in [-0.05, 0) is 44.2 Å². The van der Waals surface area contributed by atoms with Crippen LogP contribution in [0, 0.1) is 5.92 Å². The van der Waals surface area contributed by atoms with Gasteiger partial charge in [0, 0.05) is 17.9 Å². The van der Waals surface area contributed by atoms with Gasteiger partial charge in [0.05, 0.1) is 0 Å². The lowest BCUT2D eigenvalue weighted by Crippen LogP contribution is -2.44. The molecule has 0 radical (unpaired) electrons. The predicted molar refractivity (Wildman–Crippen MR) is 83.1 cm³/mol. The number of carboxylic acids is 1. The Morgan fingerprint density at radius 3 is 2.52 bits per heavy atom. The third-order valence-electron chi connectivity index (χ3n) is 4.10. The molecular formula is C17H20F3NO4. The van der Waals surface area contributed by atoms with Gasteiger partial charge in [-0.15, -0.1) is 13.2 Å². The van der Waals surface area contributed by atoms with Gasteiger partial charge in [-0.25, -0.2) is 0 Å². The molecule has 0 aliphatic heterocycles. The van der Waals surface area contributed by atoms with Crippen LogP contribution in [-0.2, 0) is 9.59 Å². The molecule has 0 bridgehead atoms. The van der Waals surface area contributed by atoms with Crippen molar-refractivity contribution in [3.63, 3.8) is 0 Å². The van der Waals surface area contributed by atoms with Gasteiger partial charge in [0.25, 0.3) is 0 Å². The second kappa shape index (κ2) is 6.93. The molecule has 1 aliphatic carbocycles. The molecule has 0 saturated heterocycles. The van der Waals surface area contributed by atoms with Gasteiger partial charge >= 0.3 is 12.3 Å². The van der Waals surface area contributed by atoms with E-state index in [-0.39, 0.29) is 30.4 Å². The predicted octanol–water partition coefficient (Wildman–Crippen LogP) is 3.45. The van der Waals surface area contributed by atoms with Crippen LogP contribution in [0.4, 0.5) is 13.2 Å². The summed E-state index contributed by atoms with van der Waals surface area (Å²) >= 11 is 0. The van der Waals surface area contributed by atoms with Crippen molar-refractivity contribution in [2.45, 2.75) is 50.9 Å². The first-order chi connectivity index (χ1) is 11.5. The monoisotopic (exact) mass is 359 g/mol. The number of hydrogen-bond donors (Lipinski definition) is 2. The summed E-state index contributed by atoms with van der Waals surface area (Å²) < 4.78 is 41.5. The smallest absolute Gasteiger partial charge is 0.481 e. The number of halogens is 3. The lowest BCUT2D eigenvalue weighted by molar-refractivity contribution is -0.274. The number of amides is 1. The maximum atomic E-state index is 12.5. The van der Waals surface area contributed by atoms with Crippen LogP contribution >= 0.6 is 0 Å². The highest BCUT2D eigenvalue weighted by atomic mass is 19.4. The fourth-order valence-corrected chi connectivity index (χ4v) is 2.74. The SMILES string of the molecule is CC(C)(CCC(=O)O)NC(=O)C1CC1c1ccccc1OC(F)(F)F. The summed E-state index contributed by atoms with van der Waals surface area (Å²) in [6.07, 6.45) is -4.18. The van der Waals surface area contributed by atoms with Crippen LogP contribution in [0.25, 0.3) is 0 Å². The van der Waals surface area contributed by atoms with E-state index in [4.69, 9.17) is 5.11 Å². The molecule has 1 aromatic rings. The van der Waals surface area contributed by atoms with Gasteiger partial charge in [-0.3, -0.25) is 9.59 Å². The molecule has 8 heteroatoms. The molecule has 1 amide bonds. The van der Waals surface area contributed by atoms with E-state index in [9.17, 15) is 22.8 Å². The van der Waals surface area contributed by atoms with Crippen LogP contribution in [0.2, 0.25) is 0 Å². The van der Waals surface area contributed by atoms with Crippen LogP contribution in [0.15, 0.2) is 24.3 Å². The van der Waals surface area contributed by atoms with Crippen molar-refractivity contribution in [2.24, 2.45) is 5.92 Å². The minimum absolute atomic E-state index is 0.0797. The average molecular weight is 359 g/mol. The number of carboxylic acid groups (broad SMARTS) is 1. The summed E-state index contributed by atoms with van der Waals surface area (Å²) in [6.45, 7) is 3.43. The number of para-hydroxylation sites is 1. The molecule has 1 saturated carbocycles. The normalized spacial score (nSPS) is 20.0. The molecular weight excluding hydrogens is 339 g/mol. The number of nitrogens with one attached hydrogen (secondary N) is 1. The average Bonchev–Trinajstić information content (AvgIpc) is 3.24. The lowest BCUT2D eigenvalue weighted by atomic mass is 9.97. The topological polar surface area (TPSA) is 75.6 Å². The molecule has 2 atom stereocenters. The zero-order valence-electron chi connectivity index (χ0n) is 13.9. The van der Waals surface area contributed by atoms with Crippen molar-refractivity contribution in [1.29, 1.82) is 0 Å². The zero-order chi connectivity index (χ0) is 18.8. The molecule has 1 aromatic carbocycles. The minimum Gasteiger partial charge on any atom is -0.481 e. The fourth-order valence-electron chi connectivity index (χ4n) is 2.74. The maximum Gasteiger partial charge on any atom is 0.573 e. The molecule has 138 valence electrons. The molecule has 1 fully saturated rings. The van der Waals surface area contributed by atoms with Crippen molar-refractivity contribution in [2.75, 3.05) is 0 Å². The number of rotatable bonds is 7. The standard InChI is InChI=1S/C17H20F3NO4/c1-16(2,8-7-14(22)23)21-15(24)12-9-11(12)10-5-3-4-6-13(10)25-17(18,19)20/h3-6,11-12H,7-9H2,1-2H3,(H,21,24)(H,22,23). The molecule has 0 aromatic heterocycles. The first-order valence-corrected chi connectivity index (χ1v) is 7.87. The molecule has 1 aliphatic rings. The Morgan fingerprint density at radius 2 is 1.92 bits per heavy atom. The number of ether oxygens (including phenoxy) is 1. The van der Waals surface area contributed by atoms with Crippen molar-refractivity contribution in [1.82, 2.24) is 5.32 Å². The largest absolute Gasteiger partial charge is 0.573 e. The quantitative estimate of drug-likeness (QED) is 0.782. The second-order valence-electron chi connectivity index (χ2n) is 6.80. The minimum atomic E-state index is -4.79. The highest BCUT2D eigenvalue weighted by Gasteiger charge is 2.47. The molecule has 2 unspecified atom stereocenters. The first kappa shape index (κ1) is 19.1. The number of benzene rings is 1. The Kier molecular flexibility index (Phi) is 5.29. The van der Waals surface area contributed by atoms with E-state index in [0.717, 1.165) is 0 Å². The molecule has 0 spiro atoms. The van der Waals surface area contributed by atoms with Gasteiger partial charge in [-0.1, -0.05) is 18.2 Å². The van der Waals surface area contributed by atoms with Gasteiger partial charge in [0.15, 0.2) is 0 Å². The van der Waals surface area contributed by atoms with Crippen LogP contribution < -0.4 is 10.1 Å². The molecule has 0 heterocycles. The Balaban J connectivity index is 2.00. The third-order valence-corrected chi connectivity index (χ3v) is 4.10. The number of carbonyl (C=O) groups excluding carboxylic acids is 1. The Labute approximate surface area is 143 Å². The van der Waals surface area contributed by atoms with Gasteiger partial charge < -0.3 is 15.2 Å². The number of aliphatic carboxylic acids is 1. The van der Waals surface area contributed by atoms with Crippen LogP contribution in [-0.4, -0.2) is 28.9 Å². The summed E-state index contributed by atoms with van der Waals surface area (Å²) in [7, 11) is 0. The summed E-state index contributed by atoms with van der Waals surface area (Å²) in [5.41, 5.74) is -0.353. The van der Waals surface area contributed by atoms with Crippen LogP contribution in [0.3, 0.4) is 0 Å². The van der Waals surface area contributed by atoms with E-state index in [0.29, 0.717) is 12.0 Å². The van der Waals surface area contributed by atoms with Crippen LogP contribution in [0.1, 0.15) is 44.6 Å². The van der Waals surface area contributed by atoms with E-state index >= 15 is 0 Å². The molecule has 2 rings (SSSR count).